The average Bonchev–Trinajstić information content (AvgIpc) is 2.77. The van der Waals surface area contributed by atoms with Gasteiger partial charge in [-0.05, 0) is 34.1 Å². The number of hydrogen-bond acceptors (Lipinski definition) is 3. The first kappa shape index (κ1) is 13.7. The zero-order chi connectivity index (χ0) is 13.8. The molecular formula is C14H14BrNO3. The van der Waals surface area contributed by atoms with E-state index in [1.165, 1.54) is 0 Å². The van der Waals surface area contributed by atoms with Gasteiger partial charge in [-0.3, -0.25) is 4.79 Å². The number of likely N-dealkylation sites (N-methyl/N-ethyl adjacent to an activating group) is 1. The molecule has 0 radical (unpaired) electrons. The fraction of sp³-hybridized carbons (Fsp3) is 0.214. The van der Waals surface area contributed by atoms with Gasteiger partial charge in [-0.25, -0.2) is 0 Å². The van der Waals surface area contributed by atoms with E-state index in [1.807, 2.05) is 6.07 Å². The lowest BCUT2D eigenvalue weighted by molar-refractivity contribution is -0.129. The number of aromatic hydroxyl groups is 1. The summed E-state index contributed by atoms with van der Waals surface area (Å²) in [6.45, 7) is 0.401. The van der Waals surface area contributed by atoms with Gasteiger partial charge in [0.1, 0.15) is 11.5 Å². The maximum absolute atomic E-state index is 12.0. The Labute approximate surface area is 119 Å². The number of furan rings is 1. The molecule has 1 aromatic carbocycles. The van der Waals surface area contributed by atoms with Crippen molar-refractivity contribution >= 4 is 21.8 Å². The summed E-state index contributed by atoms with van der Waals surface area (Å²) >= 11 is 3.22. The van der Waals surface area contributed by atoms with Crippen LogP contribution in [0.1, 0.15) is 11.3 Å². The predicted molar refractivity (Wildman–Crippen MR) is 74.7 cm³/mol. The SMILES string of the molecule is CN(Cc1ccc(Br)o1)C(=O)Cc1ccccc1O. The van der Waals surface area contributed by atoms with E-state index in [2.05, 4.69) is 15.9 Å². The third kappa shape index (κ3) is 3.61. The Morgan fingerprint density at radius 3 is 2.68 bits per heavy atom. The van der Waals surface area contributed by atoms with Crippen molar-refractivity contribution in [3.63, 3.8) is 0 Å². The van der Waals surface area contributed by atoms with Crippen LogP contribution >= 0.6 is 15.9 Å². The van der Waals surface area contributed by atoms with Crippen molar-refractivity contribution in [2.75, 3.05) is 7.05 Å². The molecule has 0 bridgehead atoms. The molecule has 19 heavy (non-hydrogen) atoms. The van der Waals surface area contributed by atoms with Crippen LogP contribution in [0.3, 0.4) is 0 Å². The number of para-hydroxylation sites is 1. The third-order valence-electron chi connectivity index (χ3n) is 2.78. The van der Waals surface area contributed by atoms with Gasteiger partial charge in [-0.2, -0.15) is 0 Å². The van der Waals surface area contributed by atoms with E-state index in [9.17, 15) is 9.90 Å². The van der Waals surface area contributed by atoms with Crippen molar-refractivity contribution in [1.29, 1.82) is 0 Å². The molecule has 2 aromatic rings. The highest BCUT2D eigenvalue weighted by atomic mass is 79.9. The van der Waals surface area contributed by atoms with Crippen LogP contribution in [0.15, 0.2) is 45.5 Å². The van der Waals surface area contributed by atoms with Gasteiger partial charge in [0.2, 0.25) is 5.91 Å². The summed E-state index contributed by atoms with van der Waals surface area (Å²) in [4.78, 5) is 13.6. The van der Waals surface area contributed by atoms with E-state index >= 15 is 0 Å². The van der Waals surface area contributed by atoms with Crippen LogP contribution in [0, 0.1) is 0 Å². The van der Waals surface area contributed by atoms with Gasteiger partial charge in [-0.1, -0.05) is 18.2 Å². The van der Waals surface area contributed by atoms with Gasteiger partial charge in [0.25, 0.3) is 0 Å². The van der Waals surface area contributed by atoms with Crippen LogP contribution in [0.4, 0.5) is 0 Å². The second-order valence-electron chi connectivity index (χ2n) is 4.26. The number of nitrogens with zero attached hydrogens (tertiary/aromatic N) is 1. The maximum atomic E-state index is 12.0. The molecule has 0 spiro atoms. The van der Waals surface area contributed by atoms with Crippen LogP contribution in [-0.2, 0) is 17.8 Å². The first-order valence-electron chi connectivity index (χ1n) is 5.81. The molecule has 4 nitrogen and oxygen atoms in total. The van der Waals surface area contributed by atoms with Gasteiger partial charge < -0.3 is 14.4 Å². The minimum absolute atomic E-state index is 0.0750. The summed E-state index contributed by atoms with van der Waals surface area (Å²) < 4.78 is 5.99. The van der Waals surface area contributed by atoms with Crippen molar-refractivity contribution in [3.8, 4) is 5.75 Å². The zero-order valence-electron chi connectivity index (χ0n) is 10.5. The second kappa shape index (κ2) is 5.93. The lowest BCUT2D eigenvalue weighted by Gasteiger charge is -2.16. The van der Waals surface area contributed by atoms with E-state index in [-0.39, 0.29) is 18.1 Å². The predicted octanol–water partition coefficient (Wildman–Crippen LogP) is 2.95. The monoisotopic (exact) mass is 323 g/mol. The summed E-state index contributed by atoms with van der Waals surface area (Å²) in [5.41, 5.74) is 0.625. The number of benzene rings is 1. The highest BCUT2D eigenvalue weighted by molar-refractivity contribution is 9.10. The highest BCUT2D eigenvalue weighted by Gasteiger charge is 2.13. The number of phenols is 1. The molecule has 0 unspecified atom stereocenters. The Morgan fingerprint density at radius 1 is 1.32 bits per heavy atom. The minimum atomic E-state index is -0.0750. The van der Waals surface area contributed by atoms with E-state index in [1.54, 1.807) is 42.3 Å². The van der Waals surface area contributed by atoms with Gasteiger partial charge >= 0.3 is 0 Å². The first-order valence-corrected chi connectivity index (χ1v) is 6.60. The third-order valence-corrected chi connectivity index (χ3v) is 3.21. The molecule has 5 heteroatoms. The summed E-state index contributed by atoms with van der Waals surface area (Å²) in [6.07, 6.45) is 0.172. The summed E-state index contributed by atoms with van der Waals surface area (Å²) in [6, 6.07) is 10.4. The largest absolute Gasteiger partial charge is 0.508 e. The van der Waals surface area contributed by atoms with Crippen LogP contribution in [0.5, 0.6) is 5.75 Å². The van der Waals surface area contributed by atoms with Crippen LogP contribution < -0.4 is 0 Å². The quantitative estimate of drug-likeness (QED) is 0.941. The molecule has 1 aromatic heterocycles. The molecule has 2 rings (SSSR count). The smallest absolute Gasteiger partial charge is 0.227 e. The molecule has 0 atom stereocenters. The molecule has 0 fully saturated rings. The number of halogens is 1. The Hall–Kier alpha value is -1.75. The maximum Gasteiger partial charge on any atom is 0.227 e. The Bertz CT molecular complexity index is 580. The van der Waals surface area contributed by atoms with Crippen molar-refractivity contribution in [3.05, 3.63) is 52.4 Å². The Balaban J connectivity index is 1.98. The molecule has 0 saturated heterocycles. The number of carbonyl (C=O) groups is 1. The van der Waals surface area contributed by atoms with Gasteiger partial charge in [-0.15, -0.1) is 0 Å². The number of carbonyl (C=O) groups excluding carboxylic acids is 1. The fourth-order valence-electron chi connectivity index (χ4n) is 1.72. The molecular weight excluding hydrogens is 310 g/mol. The molecule has 1 heterocycles. The average molecular weight is 324 g/mol. The van der Waals surface area contributed by atoms with Crippen LogP contribution in [-0.4, -0.2) is 23.0 Å². The number of hydrogen-bond donors (Lipinski definition) is 1. The van der Waals surface area contributed by atoms with Crippen molar-refractivity contribution in [1.82, 2.24) is 4.90 Å². The van der Waals surface area contributed by atoms with Crippen LogP contribution in [0.25, 0.3) is 0 Å². The normalized spacial score (nSPS) is 10.4. The standard InChI is InChI=1S/C14H14BrNO3/c1-16(9-11-6-7-13(15)19-11)14(18)8-10-4-2-3-5-12(10)17/h2-7,17H,8-9H2,1H3. The second-order valence-corrected chi connectivity index (χ2v) is 5.04. The summed E-state index contributed by atoms with van der Waals surface area (Å²) in [5.74, 6) is 0.777. The molecule has 1 amide bonds. The Kier molecular flexibility index (Phi) is 4.27. The van der Waals surface area contributed by atoms with Gasteiger partial charge in [0.05, 0.1) is 13.0 Å². The number of rotatable bonds is 4. The van der Waals surface area contributed by atoms with E-state index in [0.29, 0.717) is 22.5 Å². The summed E-state index contributed by atoms with van der Waals surface area (Å²) in [7, 11) is 1.71. The highest BCUT2D eigenvalue weighted by Crippen LogP contribution is 2.18. The lowest BCUT2D eigenvalue weighted by atomic mass is 10.1. The van der Waals surface area contributed by atoms with E-state index < -0.39 is 0 Å². The number of phenolic OH excluding ortho intramolecular Hbond substituents is 1. The molecule has 0 aliphatic carbocycles. The fourth-order valence-corrected chi connectivity index (χ4v) is 2.06. The lowest BCUT2D eigenvalue weighted by Crippen LogP contribution is -2.27. The first-order chi connectivity index (χ1) is 9.06. The molecule has 0 aliphatic rings. The summed E-state index contributed by atoms with van der Waals surface area (Å²) in [5, 5.41) is 9.64. The molecule has 0 aliphatic heterocycles. The topological polar surface area (TPSA) is 53.7 Å². The van der Waals surface area contributed by atoms with Crippen LogP contribution in [0.2, 0.25) is 0 Å². The van der Waals surface area contributed by atoms with Crippen molar-refractivity contribution < 1.29 is 14.3 Å². The molecule has 1 N–H and O–H groups in total. The van der Waals surface area contributed by atoms with E-state index in [4.69, 9.17) is 4.42 Å². The van der Waals surface area contributed by atoms with Gasteiger partial charge in [0.15, 0.2) is 4.67 Å². The van der Waals surface area contributed by atoms with Gasteiger partial charge in [0, 0.05) is 12.6 Å². The molecule has 0 saturated carbocycles. The van der Waals surface area contributed by atoms with Crippen molar-refractivity contribution in [2.45, 2.75) is 13.0 Å². The Morgan fingerprint density at radius 2 is 2.05 bits per heavy atom. The number of amides is 1. The molecule has 100 valence electrons. The minimum Gasteiger partial charge on any atom is -0.508 e. The van der Waals surface area contributed by atoms with E-state index in [0.717, 1.165) is 0 Å². The van der Waals surface area contributed by atoms with Crippen molar-refractivity contribution in [2.24, 2.45) is 0 Å². The zero-order valence-corrected chi connectivity index (χ0v) is 12.1.